The molecule has 6 heteroatoms. The van der Waals surface area contributed by atoms with E-state index in [1.807, 2.05) is 95.6 Å². The number of aromatic nitrogens is 2. The van der Waals surface area contributed by atoms with E-state index in [1.165, 1.54) is 5.56 Å². The lowest BCUT2D eigenvalue weighted by Crippen LogP contribution is -2.24. The molecule has 1 aliphatic heterocycles. The summed E-state index contributed by atoms with van der Waals surface area (Å²) in [5, 5.41) is 4.15. The smallest absolute Gasteiger partial charge is 0.137 e. The van der Waals surface area contributed by atoms with Gasteiger partial charge in [0.25, 0.3) is 0 Å². The number of furan rings is 1. The molecule has 0 saturated carbocycles. The largest absolute Gasteiger partial charge is 0.457 e. The summed E-state index contributed by atoms with van der Waals surface area (Å²) in [6.45, 7) is 4.96. The SMILES string of the molecule is [2H]C([2H])([2H])c1cc(-n2c3ccccc3c3ccc(Oc4cccc(N5CN(c6cccc(C(C)(C)C)c6)c6ccccc65)c4)cc32)ncc1-c1cccc(-c2ccc3c(c2)oc2ccccc23)c1. The maximum absolute atomic E-state index is 8.79. The molecule has 0 aliphatic carbocycles. The maximum atomic E-state index is 8.79. The number of hydrogen-bond donors (Lipinski definition) is 0. The van der Waals surface area contributed by atoms with Crippen LogP contribution in [-0.2, 0) is 5.41 Å². The van der Waals surface area contributed by atoms with Crippen LogP contribution < -0.4 is 14.5 Å². The molecule has 12 rings (SSSR count). The van der Waals surface area contributed by atoms with Gasteiger partial charge in [0, 0.05) is 60.9 Å². The van der Waals surface area contributed by atoms with Gasteiger partial charge in [0.1, 0.15) is 35.2 Å². The number of ether oxygens (including phenoxy) is 1. The van der Waals surface area contributed by atoms with Crippen molar-refractivity contribution < 1.29 is 13.3 Å². The highest BCUT2D eigenvalue weighted by Crippen LogP contribution is 2.46. The third kappa shape index (κ3) is 6.68. The van der Waals surface area contributed by atoms with E-state index in [0.29, 0.717) is 29.5 Å². The normalized spacial score (nSPS) is 13.7. The summed E-state index contributed by atoms with van der Waals surface area (Å²) in [6.07, 6.45) is 1.70. The standard InChI is InChI=1S/C59H46N4O2/c1-38-30-58(60-36-51(38)41-15-11-14-39(31-41)40-26-28-50-49-21-6-10-25-56(49)65-57(50)32-40)63-52-22-7-5-20-47(52)48-29-27-46(35-55(48)63)64-45-19-13-18-44(34-45)62-37-61(53-23-8-9-24-54(53)62)43-17-12-16-42(33-43)59(2,3)4/h5-36H,37H2,1-4H3/i1D3. The molecule has 8 aromatic carbocycles. The van der Waals surface area contributed by atoms with Crippen LogP contribution in [0, 0.1) is 6.85 Å². The average molecular weight is 846 g/mol. The summed E-state index contributed by atoms with van der Waals surface area (Å²) in [5.41, 5.74) is 12.6. The highest BCUT2D eigenvalue weighted by molar-refractivity contribution is 6.09. The predicted molar refractivity (Wildman–Crippen MR) is 269 cm³/mol. The first-order valence-corrected chi connectivity index (χ1v) is 22.0. The quantitative estimate of drug-likeness (QED) is 0.160. The van der Waals surface area contributed by atoms with E-state index in [0.717, 1.165) is 83.2 Å². The summed E-state index contributed by atoms with van der Waals surface area (Å²) >= 11 is 0. The fourth-order valence-corrected chi connectivity index (χ4v) is 9.48. The zero-order valence-corrected chi connectivity index (χ0v) is 36.3. The fraction of sp³-hybridized carbons (Fsp3) is 0.102. The summed E-state index contributed by atoms with van der Waals surface area (Å²) < 4.78 is 41.3. The number of hydrogen-bond acceptors (Lipinski definition) is 5. The molecule has 65 heavy (non-hydrogen) atoms. The summed E-state index contributed by atoms with van der Waals surface area (Å²) in [5.74, 6) is 1.84. The van der Waals surface area contributed by atoms with Crippen molar-refractivity contribution >= 4 is 66.5 Å². The van der Waals surface area contributed by atoms with E-state index >= 15 is 0 Å². The molecule has 0 unspecified atom stereocenters. The Kier molecular flexibility index (Phi) is 8.18. The van der Waals surface area contributed by atoms with Gasteiger partial charge in [-0.05, 0) is 125 Å². The lowest BCUT2D eigenvalue weighted by molar-refractivity contribution is 0.483. The molecule has 0 saturated heterocycles. The van der Waals surface area contributed by atoms with Crippen LogP contribution in [0.3, 0.4) is 0 Å². The van der Waals surface area contributed by atoms with Crippen LogP contribution in [0.25, 0.3) is 71.8 Å². The number of fused-ring (bicyclic) bond motifs is 7. The third-order valence-corrected chi connectivity index (χ3v) is 12.8. The van der Waals surface area contributed by atoms with Crippen LogP contribution in [0.4, 0.5) is 22.7 Å². The van der Waals surface area contributed by atoms with Gasteiger partial charge in [0.2, 0.25) is 0 Å². The zero-order chi connectivity index (χ0) is 46.3. The molecule has 1 aliphatic rings. The molecule has 0 bridgehead atoms. The van der Waals surface area contributed by atoms with Crippen molar-refractivity contribution in [1.29, 1.82) is 0 Å². The second-order valence-electron chi connectivity index (χ2n) is 17.9. The van der Waals surface area contributed by atoms with Crippen LogP contribution in [0.1, 0.15) is 36.0 Å². The number of anilines is 4. The minimum absolute atomic E-state index is 0.0305. The van der Waals surface area contributed by atoms with E-state index in [1.54, 1.807) is 12.3 Å². The Labute approximate surface area is 382 Å². The van der Waals surface area contributed by atoms with Crippen molar-refractivity contribution in [1.82, 2.24) is 9.55 Å². The minimum Gasteiger partial charge on any atom is -0.457 e. The molecule has 314 valence electrons. The molecule has 4 heterocycles. The number of pyridine rings is 1. The zero-order valence-electron chi connectivity index (χ0n) is 39.3. The topological polar surface area (TPSA) is 46.7 Å². The molecular weight excluding hydrogens is 797 g/mol. The van der Waals surface area contributed by atoms with Gasteiger partial charge in [-0.25, -0.2) is 4.98 Å². The van der Waals surface area contributed by atoms with Crippen LogP contribution in [0.5, 0.6) is 11.5 Å². The first kappa shape index (κ1) is 35.4. The minimum atomic E-state index is -2.43. The van der Waals surface area contributed by atoms with Gasteiger partial charge in [-0.3, -0.25) is 4.57 Å². The first-order valence-electron chi connectivity index (χ1n) is 23.5. The molecular formula is C59H46N4O2. The molecule has 3 aromatic heterocycles. The van der Waals surface area contributed by atoms with E-state index < -0.39 is 6.85 Å². The van der Waals surface area contributed by atoms with Gasteiger partial charge < -0.3 is 19.0 Å². The first-order chi connectivity index (χ1) is 32.9. The maximum Gasteiger partial charge on any atom is 0.137 e. The number of benzene rings is 8. The predicted octanol–water partition coefficient (Wildman–Crippen LogP) is 16.1. The van der Waals surface area contributed by atoms with Gasteiger partial charge in [-0.15, -0.1) is 0 Å². The van der Waals surface area contributed by atoms with Crippen LogP contribution in [0.2, 0.25) is 0 Å². The van der Waals surface area contributed by atoms with Crippen molar-refractivity contribution in [2.75, 3.05) is 16.5 Å². The number of rotatable bonds is 7. The Balaban J connectivity index is 0.887. The molecule has 0 spiro atoms. The van der Waals surface area contributed by atoms with Crippen LogP contribution >= 0.6 is 0 Å². The second-order valence-corrected chi connectivity index (χ2v) is 17.9. The van der Waals surface area contributed by atoms with Crippen molar-refractivity contribution in [3.8, 4) is 39.6 Å². The number of aryl methyl sites for hydroxylation is 1. The molecule has 0 N–H and O–H groups in total. The molecule has 0 atom stereocenters. The highest BCUT2D eigenvalue weighted by atomic mass is 16.5. The van der Waals surface area contributed by atoms with Gasteiger partial charge in [-0.1, -0.05) is 112 Å². The highest BCUT2D eigenvalue weighted by Gasteiger charge is 2.29. The molecule has 0 fully saturated rings. The number of nitrogens with zero attached hydrogens (tertiary/aromatic N) is 4. The lowest BCUT2D eigenvalue weighted by Gasteiger charge is -2.25. The summed E-state index contributed by atoms with van der Waals surface area (Å²) in [4.78, 5) is 9.71. The molecule has 6 nitrogen and oxygen atoms in total. The Hall–Kier alpha value is -8.09. The molecule has 11 aromatic rings. The average Bonchev–Trinajstić information content (AvgIpc) is 4.03. The van der Waals surface area contributed by atoms with Crippen LogP contribution in [0.15, 0.2) is 199 Å². The van der Waals surface area contributed by atoms with Gasteiger partial charge in [0.15, 0.2) is 0 Å². The van der Waals surface area contributed by atoms with Crippen molar-refractivity contribution in [2.24, 2.45) is 0 Å². The molecule has 0 amide bonds. The van der Waals surface area contributed by atoms with Gasteiger partial charge in [-0.2, -0.15) is 0 Å². The van der Waals surface area contributed by atoms with E-state index in [4.69, 9.17) is 18.3 Å². The fourth-order valence-electron chi connectivity index (χ4n) is 9.48. The Bertz CT molecular complexity index is 3770. The van der Waals surface area contributed by atoms with Gasteiger partial charge in [0.05, 0.1) is 22.4 Å². The Morgan fingerprint density at radius 2 is 1.20 bits per heavy atom. The lowest BCUT2D eigenvalue weighted by atomic mass is 9.87. The van der Waals surface area contributed by atoms with Crippen molar-refractivity contribution in [3.63, 3.8) is 0 Å². The monoisotopic (exact) mass is 845 g/mol. The van der Waals surface area contributed by atoms with Gasteiger partial charge >= 0.3 is 0 Å². The Morgan fingerprint density at radius 1 is 0.538 bits per heavy atom. The van der Waals surface area contributed by atoms with E-state index in [9.17, 15) is 0 Å². The Morgan fingerprint density at radius 3 is 2.03 bits per heavy atom. The summed E-state index contributed by atoms with van der Waals surface area (Å²) in [6, 6.07) is 63.7. The second kappa shape index (κ2) is 15.0. The third-order valence-electron chi connectivity index (χ3n) is 12.8. The van der Waals surface area contributed by atoms with E-state index in [-0.39, 0.29) is 11.0 Å². The molecule has 0 radical (unpaired) electrons. The van der Waals surface area contributed by atoms with Crippen molar-refractivity contribution in [2.45, 2.75) is 33.0 Å². The van der Waals surface area contributed by atoms with E-state index in [2.05, 4.69) is 122 Å². The summed E-state index contributed by atoms with van der Waals surface area (Å²) in [7, 11) is 0. The van der Waals surface area contributed by atoms with Crippen molar-refractivity contribution in [3.05, 3.63) is 205 Å². The number of para-hydroxylation sites is 4. The van der Waals surface area contributed by atoms with Crippen LogP contribution in [-0.4, -0.2) is 16.2 Å².